The summed E-state index contributed by atoms with van der Waals surface area (Å²) < 4.78 is 58.0. The first kappa shape index (κ1) is 15.0. The first-order valence-electron chi connectivity index (χ1n) is 5.75. The fraction of sp³-hybridized carbons (Fsp3) is 0.0769. The third kappa shape index (κ3) is 3.22. The molecule has 2 rings (SSSR count). The van der Waals surface area contributed by atoms with Crippen LogP contribution in [-0.2, 0) is 10.0 Å². The molecule has 0 radical (unpaired) electrons. The Bertz CT molecular complexity index is 779. The maximum atomic E-state index is 13.5. The van der Waals surface area contributed by atoms with Gasteiger partial charge in [-0.15, -0.1) is 0 Å². The minimum atomic E-state index is -4.18. The third-order valence-electron chi connectivity index (χ3n) is 2.65. The van der Waals surface area contributed by atoms with Crippen LogP contribution in [0.3, 0.4) is 0 Å². The lowest BCUT2D eigenvalue weighted by molar-refractivity contribution is 0.403. The number of ether oxygens (including phenoxy) is 1. The second kappa shape index (κ2) is 5.57. The van der Waals surface area contributed by atoms with Crippen LogP contribution in [-0.4, -0.2) is 15.5 Å². The molecule has 0 saturated carbocycles. The average Bonchev–Trinajstić information content (AvgIpc) is 2.42. The summed E-state index contributed by atoms with van der Waals surface area (Å²) in [7, 11) is -2.89. The van der Waals surface area contributed by atoms with E-state index in [1.54, 1.807) is 0 Å². The van der Waals surface area contributed by atoms with Gasteiger partial charge in [0.15, 0.2) is 0 Å². The van der Waals surface area contributed by atoms with Gasteiger partial charge in [-0.2, -0.15) is 0 Å². The summed E-state index contributed by atoms with van der Waals surface area (Å²) >= 11 is 0. The zero-order chi connectivity index (χ0) is 15.6. The second-order valence-electron chi connectivity index (χ2n) is 4.14. The van der Waals surface area contributed by atoms with Crippen LogP contribution in [0.5, 0.6) is 5.75 Å². The van der Waals surface area contributed by atoms with Crippen molar-refractivity contribution in [3.05, 3.63) is 48.0 Å². The van der Waals surface area contributed by atoms with Crippen molar-refractivity contribution in [1.29, 1.82) is 0 Å². The van der Waals surface area contributed by atoms with E-state index < -0.39 is 27.3 Å². The smallest absolute Gasteiger partial charge is 0.265 e. The van der Waals surface area contributed by atoms with Crippen molar-refractivity contribution in [2.75, 3.05) is 17.6 Å². The van der Waals surface area contributed by atoms with Crippen molar-refractivity contribution < 1.29 is 21.9 Å². The van der Waals surface area contributed by atoms with Gasteiger partial charge in [-0.05, 0) is 30.3 Å². The van der Waals surface area contributed by atoms with Crippen molar-refractivity contribution in [3.63, 3.8) is 0 Å². The zero-order valence-electron chi connectivity index (χ0n) is 10.9. The highest BCUT2D eigenvalue weighted by molar-refractivity contribution is 7.92. The predicted molar refractivity (Wildman–Crippen MR) is 74.6 cm³/mol. The molecule has 0 fully saturated rings. The Morgan fingerprint density at radius 2 is 1.86 bits per heavy atom. The van der Waals surface area contributed by atoms with Crippen molar-refractivity contribution in [3.8, 4) is 5.75 Å². The second-order valence-corrected chi connectivity index (χ2v) is 5.79. The lowest BCUT2D eigenvalue weighted by Crippen LogP contribution is -2.15. The number of nitrogen functional groups attached to an aromatic ring is 1. The Kier molecular flexibility index (Phi) is 3.99. The van der Waals surface area contributed by atoms with Gasteiger partial charge >= 0.3 is 0 Å². The average molecular weight is 314 g/mol. The Morgan fingerprint density at radius 3 is 2.52 bits per heavy atom. The molecule has 0 saturated heterocycles. The normalized spacial score (nSPS) is 11.2. The lowest BCUT2D eigenvalue weighted by Gasteiger charge is -2.12. The number of methoxy groups -OCH3 is 1. The third-order valence-corrected chi connectivity index (χ3v) is 4.04. The van der Waals surface area contributed by atoms with Gasteiger partial charge in [0, 0.05) is 11.8 Å². The number of halogens is 2. The van der Waals surface area contributed by atoms with Crippen molar-refractivity contribution >= 4 is 21.4 Å². The van der Waals surface area contributed by atoms with Gasteiger partial charge in [-0.1, -0.05) is 0 Å². The first-order chi connectivity index (χ1) is 9.83. The molecule has 0 aliphatic carbocycles. The highest BCUT2D eigenvalue weighted by Gasteiger charge is 2.21. The molecule has 5 nitrogen and oxygen atoms in total. The molecule has 0 aromatic heterocycles. The standard InChI is InChI=1S/C13H12F2N2O3S/c1-20-12-5-3-9(16)7-13(12)21(18,19)17-11-6-8(14)2-4-10(11)15/h2-7,17H,16H2,1H3. The Hall–Kier alpha value is -2.35. The summed E-state index contributed by atoms with van der Waals surface area (Å²) in [5.41, 5.74) is 5.23. The maximum Gasteiger partial charge on any atom is 0.265 e. The van der Waals surface area contributed by atoms with Crippen LogP contribution < -0.4 is 15.2 Å². The molecule has 0 aliphatic rings. The van der Waals surface area contributed by atoms with Crippen LogP contribution in [0.2, 0.25) is 0 Å². The number of hydrogen-bond donors (Lipinski definition) is 2. The lowest BCUT2D eigenvalue weighted by atomic mass is 10.3. The molecule has 0 bridgehead atoms. The van der Waals surface area contributed by atoms with Crippen molar-refractivity contribution in [1.82, 2.24) is 0 Å². The molecule has 112 valence electrons. The Balaban J connectivity index is 2.48. The molecule has 2 aromatic rings. The highest BCUT2D eigenvalue weighted by atomic mass is 32.2. The first-order valence-corrected chi connectivity index (χ1v) is 7.23. The number of nitrogens with two attached hydrogens (primary N) is 1. The highest BCUT2D eigenvalue weighted by Crippen LogP contribution is 2.28. The van der Waals surface area contributed by atoms with Gasteiger partial charge in [-0.3, -0.25) is 4.72 Å². The van der Waals surface area contributed by atoms with E-state index in [9.17, 15) is 17.2 Å². The molecule has 21 heavy (non-hydrogen) atoms. The summed E-state index contributed by atoms with van der Waals surface area (Å²) in [6.45, 7) is 0. The van der Waals surface area contributed by atoms with Gasteiger partial charge in [0.1, 0.15) is 22.3 Å². The van der Waals surface area contributed by atoms with Crippen LogP contribution in [0.15, 0.2) is 41.3 Å². The molecule has 3 N–H and O–H groups in total. The van der Waals surface area contributed by atoms with Gasteiger partial charge in [-0.25, -0.2) is 17.2 Å². The summed E-state index contributed by atoms with van der Waals surface area (Å²) in [5, 5.41) is 0. The minimum Gasteiger partial charge on any atom is -0.495 e. The molecule has 8 heteroatoms. The van der Waals surface area contributed by atoms with Gasteiger partial charge in [0.2, 0.25) is 0 Å². The van der Waals surface area contributed by atoms with E-state index in [1.165, 1.54) is 25.3 Å². The minimum absolute atomic E-state index is 0.0357. The zero-order valence-corrected chi connectivity index (χ0v) is 11.7. The number of benzene rings is 2. The molecule has 0 unspecified atom stereocenters. The van der Waals surface area contributed by atoms with Crippen molar-refractivity contribution in [2.24, 2.45) is 0 Å². The predicted octanol–water partition coefficient (Wildman–Crippen LogP) is 2.36. The largest absolute Gasteiger partial charge is 0.495 e. The topological polar surface area (TPSA) is 81.4 Å². The molecule has 0 heterocycles. The van der Waals surface area contributed by atoms with E-state index in [4.69, 9.17) is 10.5 Å². The number of rotatable bonds is 4. The molecule has 0 amide bonds. The molecular weight excluding hydrogens is 302 g/mol. The van der Waals surface area contributed by atoms with Crippen LogP contribution in [0.1, 0.15) is 0 Å². The summed E-state index contributed by atoms with van der Waals surface area (Å²) in [6, 6.07) is 6.44. The van der Waals surface area contributed by atoms with Crippen LogP contribution in [0.4, 0.5) is 20.2 Å². The number of sulfonamides is 1. The van der Waals surface area contributed by atoms with Gasteiger partial charge in [0.05, 0.1) is 12.8 Å². The molecule has 0 aliphatic heterocycles. The Morgan fingerprint density at radius 1 is 1.14 bits per heavy atom. The number of anilines is 2. The summed E-state index contributed by atoms with van der Waals surface area (Å²) in [5.74, 6) is -1.63. The van der Waals surface area contributed by atoms with E-state index in [2.05, 4.69) is 0 Å². The fourth-order valence-electron chi connectivity index (χ4n) is 1.68. The van der Waals surface area contributed by atoms with E-state index >= 15 is 0 Å². The Labute approximate surface area is 120 Å². The van der Waals surface area contributed by atoms with E-state index in [0.29, 0.717) is 0 Å². The fourth-order valence-corrected chi connectivity index (χ4v) is 2.94. The van der Waals surface area contributed by atoms with E-state index in [-0.39, 0.29) is 16.3 Å². The van der Waals surface area contributed by atoms with E-state index in [1.807, 2.05) is 4.72 Å². The van der Waals surface area contributed by atoms with Crippen molar-refractivity contribution in [2.45, 2.75) is 4.90 Å². The van der Waals surface area contributed by atoms with Crippen LogP contribution in [0.25, 0.3) is 0 Å². The van der Waals surface area contributed by atoms with Gasteiger partial charge in [0.25, 0.3) is 10.0 Å². The van der Waals surface area contributed by atoms with Crippen LogP contribution >= 0.6 is 0 Å². The van der Waals surface area contributed by atoms with E-state index in [0.717, 1.165) is 18.2 Å². The maximum absolute atomic E-state index is 13.5. The monoisotopic (exact) mass is 314 g/mol. The summed E-state index contributed by atoms with van der Waals surface area (Å²) in [4.78, 5) is -0.270. The molecule has 0 atom stereocenters. The number of hydrogen-bond acceptors (Lipinski definition) is 4. The molecule has 2 aromatic carbocycles. The molecular formula is C13H12F2N2O3S. The SMILES string of the molecule is COc1ccc(N)cc1S(=O)(=O)Nc1cc(F)ccc1F. The number of nitrogens with one attached hydrogen (secondary N) is 1. The van der Waals surface area contributed by atoms with Gasteiger partial charge < -0.3 is 10.5 Å². The quantitative estimate of drug-likeness (QED) is 0.849. The molecule has 0 spiro atoms. The van der Waals surface area contributed by atoms with Crippen LogP contribution in [0, 0.1) is 11.6 Å². The summed E-state index contributed by atoms with van der Waals surface area (Å²) in [6.07, 6.45) is 0.